The summed E-state index contributed by atoms with van der Waals surface area (Å²) in [5.74, 6) is 0.193. The second-order valence-corrected chi connectivity index (χ2v) is 7.17. The largest absolute Gasteiger partial charge is 0.447 e. The van der Waals surface area contributed by atoms with E-state index in [1.165, 1.54) is 6.42 Å². The third-order valence-corrected chi connectivity index (χ3v) is 5.63. The van der Waals surface area contributed by atoms with E-state index in [1.54, 1.807) is 6.92 Å². The standard InChI is InChI=1S/C13H19NO4S/c1-11(12-5-3-2-4-6-12)19(16,17)10-8-14-7-9-18-13(14)15/h11-12H,2-7,9H2,1H3. The average Bonchev–Trinajstić information content (AvgIpc) is 2.82. The lowest BCUT2D eigenvalue weighted by atomic mass is 9.87. The summed E-state index contributed by atoms with van der Waals surface area (Å²) in [5.41, 5.74) is 0. The van der Waals surface area contributed by atoms with Crippen molar-refractivity contribution in [3.63, 3.8) is 0 Å². The van der Waals surface area contributed by atoms with E-state index >= 15 is 0 Å². The molecule has 1 saturated heterocycles. The lowest BCUT2D eigenvalue weighted by Crippen LogP contribution is -2.28. The van der Waals surface area contributed by atoms with Crippen molar-refractivity contribution in [2.75, 3.05) is 13.2 Å². The van der Waals surface area contributed by atoms with Crippen molar-refractivity contribution in [1.29, 1.82) is 0 Å². The lowest BCUT2D eigenvalue weighted by molar-refractivity contribution is 0.167. The van der Waals surface area contributed by atoms with Gasteiger partial charge in [0, 0.05) is 6.04 Å². The number of sulfone groups is 1. The highest BCUT2D eigenvalue weighted by Gasteiger charge is 2.29. The fourth-order valence-electron chi connectivity index (χ4n) is 2.56. The maximum absolute atomic E-state index is 12.1. The molecule has 0 radical (unpaired) electrons. The van der Waals surface area contributed by atoms with Crippen LogP contribution >= 0.6 is 0 Å². The Labute approximate surface area is 114 Å². The molecule has 0 N–H and O–H groups in total. The number of carbonyl (C=O) groups excluding carboxylic acids is 1. The molecule has 1 amide bonds. The molecule has 0 aromatic heterocycles. The van der Waals surface area contributed by atoms with Crippen molar-refractivity contribution < 1.29 is 17.9 Å². The lowest BCUT2D eigenvalue weighted by Gasteiger charge is -2.25. The molecule has 1 heterocycles. The van der Waals surface area contributed by atoms with Gasteiger partial charge in [-0.2, -0.15) is 0 Å². The van der Waals surface area contributed by atoms with Gasteiger partial charge >= 0.3 is 6.09 Å². The van der Waals surface area contributed by atoms with E-state index < -0.39 is 21.2 Å². The Kier molecular flexibility index (Phi) is 4.35. The van der Waals surface area contributed by atoms with Crippen LogP contribution in [0.25, 0.3) is 0 Å². The molecule has 0 aromatic rings. The van der Waals surface area contributed by atoms with E-state index in [2.05, 4.69) is 11.3 Å². The SMILES string of the molecule is CC(C1CCCCC1)S(=O)(=O)C#CN1CCOC1=O. The third kappa shape index (κ3) is 3.41. The second-order valence-electron chi connectivity index (χ2n) is 5.13. The van der Waals surface area contributed by atoms with Crippen LogP contribution in [0.5, 0.6) is 0 Å². The van der Waals surface area contributed by atoms with Crippen LogP contribution < -0.4 is 0 Å². The predicted molar refractivity (Wildman–Crippen MR) is 70.8 cm³/mol. The minimum absolute atomic E-state index is 0.193. The summed E-state index contributed by atoms with van der Waals surface area (Å²) >= 11 is 0. The van der Waals surface area contributed by atoms with Gasteiger partial charge < -0.3 is 4.74 Å². The fraction of sp³-hybridized carbons (Fsp3) is 0.769. The molecule has 0 aromatic carbocycles. The van der Waals surface area contributed by atoms with Crippen LogP contribution in [-0.2, 0) is 14.6 Å². The maximum atomic E-state index is 12.1. The molecule has 1 aliphatic carbocycles. The Morgan fingerprint density at radius 1 is 1.32 bits per heavy atom. The van der Waals surface area contributed by atoms with Crippen molar-refractivity contribution in [3.05, 3.63) is 0 Å². The zero-order valence-corrected chi connectivity index (χ0v) is 11.9. The molecule has 2 aliphatic rings. The van der Waals surface area contributed by atoms with Crippen LogP contribution in [0.4, 0.5) is 4.79 Å². The van der Waals surface area contributed by atoms with Gasteiger partial charge in [-0.15, -0.1) is 0 Å². The van der Waals surface area contributed by atoms with Crippen molar-refractivity contribution in [1.82, 2.24) is 4.90 Å². The number of rotatable bonds is 2. The molecular formula is C13H19NO4S. The van der Waals surface area contributed by atoms with Crippen LogP contribution in [0.1, 0.15) is 39.0 Å². The van der Waals surface area contributed by atoms with Gasteiger partial charge in [-0.05, 0) is 25.7 Å². The Balaban J connectivity index is 2.05. The highest BCUT2D eigenvalue weighted by atomic mass is 32.2. The molecule has 2 fully saturated rings. The minimum Gasteiger partial charge on any atom is -0.447 e. The zero-order valence-electron chi connectivity index (χ0n) is 11.1. The normalized spacial score (nSPS) is 22.6. The first-order chi connectivity index (χ1) is 9.00. The molecule has 6 heteroatoms. The van der Waals surface area contributed by atoms with Gasteiger partial charge in [-0.1, -0.05) is 19.3 Å². The smallest absolute Gasteiger partial charge is 0.421 e. The summed E-state index contributed by atoms with van der Waals surface area (Å²) < 4.78 is 29.0. The molecule has 106 valence electrons. The van der Waals surface area contributed by atoms with Crippen LogP contribution in [0, 0.1) is 17.2 Å². The molecule has 5 nitrogen and oxygen atoms in total. The number of ether oxygens (including phenoxy) is 1. The third-order valence-electron chi connectivity index (χ3n) is 3.89. The Morgan fingerprint density at radius 3 is 2.58 bits per heavy atom. The van der Waals surface area contributed by atoms with Crippen molar-refractivity contribution in [2.45, 2.75) is 44.3 Å². The fourth-order valence-corrected chi connectivity index (χ4v) is 3.77. The summed E-state index contributed by atoms with van der Waals surface area (Å²) in [6, 6.07) is 2.41. The van der Waals surface area contributed by atoms with Crippen LogP contribution in [0.2, 0.25) is 0 Å². The van der Waals surface area contributed by atoms with Gasteiger partial charge in [-0.25, -0.2) is 18.1 Å². The van der Waals surface area contributed by atoms with E-state index in [0.717, 1.165) is 30.6 Å². The highest BCUT2D eigenvalue weighted by Crippen LogP contribution is 2.29. The second kappa shape index (κ2) is 5.83. The van der Waals surface area contributed by atoms with Gasteiger partial charge in [0.05, 0.1) is 17.0 Å². The summed E-state index contributed by atoms with van der Waals surface area (Å²) in [7, 11) is -3.48. The Hall–Kier alpha value is -1.22. The Bertz CT molecular complexity index is 496. The molecule has 1 atom stereocenters. The van der Waals surface area contributed by atoms with Crippen LogP contribution in [0.15, 0.2) is 0 Å². The quantitative estimate of drug-likeness (QED) is 0.725. The summed E-state index contributed by atoms with van der Waals surface area (Å²) in [6.07, 6.45) is 4.72. The first-order valence-electron chi connectivity index (χ1n) is 6.71. The monoisotopic (exact) mass is 285 g/mol. The molecule has 2 rings (SSSR count). The first kappa shape index (κ1) is 14.2. The summed E-state index contributed by atoms with van der Waals surface area (Å²) in [6.45, 7) is 2.33. The number of cyclic esters (lactones) is 1. The van der Waals surface area contributed by atoms with Gasteiger partial charge in [0.25, 0.3) is 0 Å². The highest BCUT2D eigenvalue weighted by molar-refractivity contribution is 7.96. The minimum atomic E-state index is -3.48. The molecule has 1 unspecified atom stereocenters. The summed E-state index contributed by atoms with van der Waals surface area (Å²) in [4.78, 5) is 12.3. The Morgan fingerprint density at radius 2 is 2.00 bits per heavy atom. The van der Waals surface area contributed by atoms with Gasteiger partial charge in [0.15, 0.2) is 0 Å². The number of hydrogen-bond acceptors (Lipinski definition) is 4. The van der Waals surface area contributed by atoms with Crippen LogP contribution in [0.3, 0.4) is 0 Å². The molecular weight excluding hydrogens is 266 g/mol. The zero-order chi connectivity index (χ0) is 13.9. The van der Waals surface area contributed by atoms with Gasteiger partial charge in [0.1, 0.15) is 6.61 Å². The number of hydrogen-bond donors (Lipinski definition) is 0. The number of amides is 1. The molecule has 1 aliphatic heterocycles. The molecule has 0 spiro atoms. The summed E-state index contributed by atoms with van der Waals surface area (Å²) in [5, 5.41) is 1.82. The molecule has 19 heavy (non-hydrogen) atoms. The van der Waals surface area contributed by atoms with E-state index in [0.29, 0.717) is 6.54 Å². The van der Waals surface area contributed by atoms with E-state index in [9.17, 15) is 13.2 Å². The van der Waals surface area contributed by atoms with E-state index in [4.69, 9.17) is 4.74 Å². The van der Waals surface area contributed by atoms with E-state index in [-0.39, 0.29) is 12.5 Å². The topological polar surface area (TPSA) is 63.7 Å². The van der Waals surface area contributed by atoms with Crippen molar-refractivity contribution in [3.8, 4) is 11.3 Å². The maximum Gasteiger partial charge on any atom is 0.421 e. The molecule has 1 saturated carbocycles. The molecule has 0 bridgehead atoms. The predicted octanol–water partition coefficient (Wildman–Crippen LogP) is 1.74. The van der Waals surface area contributed by atoms with Crippen LogP contribution in [-0.4, -0.2) is 37.8 Å². The number of carbonyl (C=O) groups is 1. The first-order valence-corrected chi connectivity index (χ1v) is 8.26. The van der Waals surface area contributed by atoms with Crippen molar-refractivity contribution >= 4 is 15.9 Å². The van der Waals surface area contributed by atoms with Gasteiger partial charge in [-0.3, -0.25) is 0 Å². The average molecular weight is 285 g/mol. The van der Waals surface area contributed by atoms with E-state index in [1.807, 2.05) is 0 Å². The van der Waals surface area contributed by atoms with Gasteiger partial charge in [0.2, 0.25) is 9.84 Å². The number of nitrogens with zero attached hydrogens (tertiary/aromatic N) is 1. The van der Waals surface area contributed by atoms with Crippen molar-refractivity contribution in [2.24, 2.45) is 5.92 Å².